The van der Waals surface area contributed by atoms with E-state index in [-0.39, 0.29) is 6.42 Å². The Hall–Kier alpha value is -2.81. The molecular weight excluding hydrogens is 310 g/mol. The molecule has 0 aliphatic carbocycles. The van der Waals surface area contributed by atoms with Gasteiger partial charge in [-0.15, -0.1) is 5.11 Å². The number of fused-ring (bicyclic) bond motifs is 1. The average molecular weight is 329 g/mol. The van der Waals surface area contributed by atoms with Crippen molar-refractivity contribution in [2.75, 3.05) is 6.54 Å². The lowest BCUT2D eigenvalue weighted by Gasteiger charge is -2.13. The minimum Gasteiger partial charge on any atom is -0.325 e. The van der Waals surface area contributed by atoms with E-state index in [1.807, 2.05) is 12.3 Å². The van der Waals surface area contributed by atoms with Crippen molar-refractivity contribution in [1.29, 1.82) is 0 Å². The Morgan fingerprint density at radius 1 is 1.50 bits per heavy atom. The summed E-state index contributed by atoms with van der Waals surface area (Å²) in [5.74, 6) is 0.432. The van der Waals surface area contributed by atoms with Crippen LogP contribution in [0.3, 0.4) is 0 Å². The molecule has 0 aromatic carbocycles. The zero-order valence-corrected chi connectivity index (χ0v) is 13.4. The fourth-order valence-corrected chi connectivity index (χ4v) is 2.60. The van der Waals surface area contributed by atoms with Crippen molar-refractivity contribution in [3.8, 4) is 0 Å². The van der Waals surface area contributed by atoms with Crippen molar-refractivity contribution in [3.63, 3.8) is 0 Å². The molecule has 0 fully saturated rings. The Kier molecular flexibility index (Phi) is 4.80. The lowest BCUT2D eigenvalue weighted by Crippen LogP contribution is -2.19. The highest BCUT2D eigenvalue weighted by atomic mass is 16.5. The van der Waals surface area contributed by atoms with Gasteiger partial charge in [0.25, 0.3) is 0 Å². The molecule has 3 rings (SSSR count). The van der Waals surface area contributed by atoms with E-state index in [9.17, 15) is 4.79 Å². The summed E-state index contributed by atoms with van der Waals surface area (Å²) in [4.78, 5) is 19.9. The number of hydroxylamine groups is 1. The first-order valence-corrected chi connectivity index (χ1v) is 7.79. The Morgan fingerprint density at radius 3 is 3.17 bits per heavy atom. The van der Waals surface area contributed by atoms with E-state index in [0.717, 1.165) is 29.8 Å². The minimum absolute atomic E-state index is 0.0682. The molecule has 1 amide bonds. The molecule has 2 aromatic heterocycles. The van der Waals surface area contributed by atoms with Crippen molar-refractivity contribution in [1.82, 2.24) is 25.0 Å². The second kappa shape index (κ2) is 7.18. The first kappa shape index (κ1) is 16.1. The molecule has 1 aliphatic heterocycles. The number of hydrogen-bond acceptors (Lipinski definition) is 7. The van der Waals surface area contributed by atoms with Gasteiger partial charge in [-0.05, 0) is 18.6 Å². The van der Waals surface area contributed by atoms with E-state index in [4.69, 9.17) is 5.21 Å². The Labute approximate surface area is 138 Å². The third-order valence-corrected chi connectivity index (χ3v) is 3.69. The van der Waals surface area contributed by atoms with Crippen molar-refractivity contribution in [2.24, 2.45) is 10.3 Å². The van der Waals surface area contributed by atoms with Gasteiger partial charge in [-0.25, -0.2) is 10.5 Å². The van der Waals surface area contributed by atoms with Gasteiger partial charge in [0.1, 0.15) is 5.82 Å². The summed E-state index contributed by atoms with van der Waals surface area (Å²) in [5.41, 5.74) is 4.21. The molecule has 9 nitrogen and oxygen atoms in total. The zero-order chi connectivity index (χ0) is 16.9. The Morgan fingerprint density at radius 2 is 2.38 bits per heavy atom. The van der Waals surface area contributed by atoms with Crippen molar-refractivity contribution in [3.05, 3.63) is 36.1 Å². The van der Waals surface area contributed by atoms with Gasteiger partial charge in [-0.2, -0.15) is 0 Å². The fourth-order valence-electron chi connectivity index (χ4n) is 2.60. The van der Waals surface area contributed by atoms with Crippen LogP contribution in [-0.2, 0) is 17.9 Å². The number of carbonyl (C=O) groups excluding carboxylic acids is 1. The van der Waals surface area contributed by atoms with Crippen LogP contribution in [-0.4, -0.2) is 37.2 Å². The van der Waals surface area contributed by atoms with Crippen LogP contribution < -0.4 is 5.48 Å². The molecule has 0 saturated heterocycles. The Bertz CT molecular complexity index is 796. The van der Waals surface area contributed by atoms with Crippen LogP contribution in [0.2, 0.25) is 0 Å². The first-order chi connectivity index (χ1) is 11.7. The highest BCUT2D eigenvalue weighted by Crippen LogP contribution is 2.20. The zero-order valence-electron chi connectivity index (χ0n) is 13.4. The van der Waals surface area contributed by atoms with Crippen LogP contribution in [0, 0.1) is 0 Å². The molecule has 0 bridgehead atoms. The van der Waals surface area contributed by atoms with Gasteiger partial charge in [0, 0.05) is 19.2 Å². The van der Waals surface area contributed by atoms with Crippen molar-refractivity contribution in [2.45, 2.75) is 32.9 Å². The summed E-state index contributed by atoms with van der Waals surface area (Å²) in [5, 5.41) is 18.5. The maximum Gasteiger partial charge on any atom is 0.247 e. The van der Waals surface area contributed by atoms with Crippen LogP contribution >= 0.6 is 0 Å². The number of amides is 1. The first-order valence-electron chi connectivity index (χ1n) is 7.79. The molecule has 9 heteroatoms. The van der Waals surface area contributed by atoms with Gasteiger partial charge in [0.2, 0.25) is 5.91 Å². The summed E-state index contributed by atoms with van der Waals surface area (Å²) in [6.45, 7) is 4.02. The third kappa shape index (κ3) is 3.40. The number of imidazole rings is 1. The van der Waals surface area contributed by atoms with E-state index in [1.54, 1.807) is 22.8 Å². The van der Waals surface area contributed by atoms with Gasteiger partial charge in [0.15, 0.2) is 0 Å². The topological polar surface area (TPSA) is 108 Å². The molecule has 1 aliphatic rings. The number of aromatic nitrogens is 3. The number of nitrogens with one attached hydrogen (secondary N) is 1. The normalized spacial score (nSPS) is 15.6. The van der Waals surface area contributed by atoms with E-state index in [0.29, 0.717) is 18.8 Å². The monoisotopic (exact) mass is 329 g/mol. The fraction of sp³-hybridized carbons (Fsp3) is 0.400. The van der Waals surface area contributed by atoms with E-state index >= 15 is 0 Å². The molecular formula is C15H19N7O2. The number of carbonyl (C=O) groups is 1. The molecule has 0 spiro atoms. The molecule has 0 radical (unpaired) electrons. The standard InChI is InChI=1S/C15H19N7O2/c1-2-7-22-13-8-16-6-5-12(13)17-14(22)10-21-9-11(18-20-21)3-4-15(23)19-24/h3,5-6,8,24H,2,4,7,9-10H2,1H3,(H,19,23)/b11-3-. The van der Waals surface area contributed by atoms with Crippen LogP contribution in [0.1, 0.15) is 25.6 Å². The van der Waals surface area contributed by atoms with Gasteiger partial charge in [-0.3, -0.25) is 20.0 Å². The highest BCUT2D eigenvalue weighted by molar-refractivity contribution is 5.76. The summed E-state index contributed by atoms with van der Waals surface area (Å²) < 4.78 is 2.15. The summed E-state index contributed by atoms with van der Waals surface area (Å²) in [7, 11) is 0. The van der Waals surface area contributed by atoms with Gasteiger partial charge < -0.3 is 4.57 Å². The maximum absolute atomic E-state index is 11.0. The summed E-state index contributed by atoms with van der Waals surface area (Å²) in [6.07, 6.45) is 6.27. The number of hydrogen-bond donors (Lipinski definition) is 2. The average Bonchev–Trinajstić information content (AvgIpc) is 3.18. The molecule has 0 saturated carbocycles. The number of nitrogens with zero attached hydrogens (tertiary/aromatic N) is 6. The summed E-state index contributed by atoms with van der Waals surface area (Å²) in [6, 6.07) is 1.90. The third-order valence-electron chi connectivity index (χ3n) is 3.69. The minimum atomic E-state index is -0.478. The van der Waals surface area contributed by atoms with Crippen LogP contribution in [0.15, 0.2) is 40.6 Å². The molecule has 24 heavy (non-hydrogen) atoms. The quantitative estimate of drug-likeness (QED) is 0.620. The maximum atomic E-state index is 11.0. The van der Waals surface area contributed by atoms with Crippen molar-refractivity contribution < 1.29 is 10.0 Å². The predicted octanol–water partition coefficient (Wildman–Crippen LogP) is 1.80. The smallest absolute Gasteiger partial charge is 0.247 e. The van der Waals surface area contributed by atoms with Gasteiger partial charge >= 0.3 is 0 Å². The molecule has 3 heterocycles. The number of rotatable bonds is 6. The van der Waals surface area contributed by atoms with E-state index in [1.165, 1.54) is 0 Å². The second-order valence-electron chi connectivity index (χ2n) is 5.49. The number of aryl methyl sites for hydroxylation is 1. The van der Waals surface area contributed by atoms with Crippen LogP contribution in [0.4, 0.5) is 0 Å². The van der Waals surface area contributed by atoms with Gasteiger partial charge in [-0.1, -0.05) is 12.1 Å². The second-order valence-corrected chi connectivity index (χ2v) is 5.49. The number of pyridine rings is 1. The molecule has 2 aromatic rings. The SMILES string of the molecule is CCCn1c(CN2C/C(=C/CC(=O)NO)N=N2)nc2ccncc21. The molecule has 0 unspecified atom stereocenters. The van der Waals surface area contributed by atoms with Crippen LogP contribution in [0.25, 0.3) is 11.0 Å². The largest absolute Gasteiger partial charge is 0.325 e. The lowest BCUT2D eigenvalue weighted by atomic mass is 10.3. The highest BCUT2D eigenvalue weighted by Gasteiger charge is 2.18. The summed E-state index contributed by atoms with van der Waals surface area (Å²) >= 11 is 0. The van der Waals surface area contributed by atoms with Crippen molar-refractivity contribution >= 4 is 16.9 Å². The molecule has 0 atom stereocenters. The van der Waals surface area contributed by atoms with Gasteiger partial charge in [0.05, 0.1) is 36.0 Å². The van der Waals surface area contributed by atoms with Crippen LogP contribution in [0.5, 0.6) is 0 Å². The predicted molar refractivity (Wildman–Crippen MR) is 85.7 cm³/mol. The Balaban J connectivity index is 1.73. The lowest BCUT2D eigenvalue weighted by molar-refractivity contribution is -0.128. The molecule has 126 valence electrons. The van der Waals surface area contributed by atoms with E-state index in [2.05, 4.69) is 31.8 Å². The van der Waals surface area contributed by atoms with E-state index < -0.39 is 5.91 Å². The molecule has 2 N–H and O–H groups in total.